The van der Waals surface area contributed by atoms with Crippen molar-refractivity contribution in [2.45, 2.75) is 25.3 Å². The molecule has 26 heavy (non-hydrogen) atoms. The van der Waals surface area contributed by atoms with Crippen molar-refractivity contribution in [2.75, 3.05) is 27.2 Å². The number of nitrogens with zero attached hydrogens (tertiary/aromatic N) is 4. The molecule has 5 nitrogen and oxygen atoms in total. The Kier molecular flexibility index (Phi) is 5.02. The van der Waals surface area contributed by atoms with Gasteiger partial charge in [0, 0.05) is 43.3 Å². The molecule has 0 atom stereocenters. The average molecular weight is 387 g/mol. The van der Waals surface area contributed by atoms with E-state index in [1.807, 2.05) is 38.1 Å². The van der Waals surface area contributed by atoms with Gasteiger partial charge in [0.05, 0.1) is 10.4 Å². The minimum Gasteiger partial charge on any atom is -0.344 e. The van der Waals surface area contributed by atoms with E-state index in [0.29, 0.717) is 5.92 Å². The fraction of sp³-hybridized carbons (Fsp3) is 0.421. The molecular formula is C19H22N4OS2. The van der Waals surface area contributed by atoms with Crippen molar-refractivity contribution >= 4 is 38.8 Å². The van der Waals surface area contributed by atoms with Crippen LogP contribution in [-0.4, -0.2) is 52.9 Å². The summed E-state index contributed by atoms with van der Waals surface area (Å²) in [7, 11) is 3.64. The topological polar surface area (TPSA) is 49.3 Å². The van der Waals surface area contributed by atoms with Crippen molar-refractivity contribution in [2.24, 2.45) is 0 Å². The molecule has 0 radical (unpaired) electrons. The van der Waals surface area contributed by atoms with Gasteiger partial charge >= 0.3 is 0 Å². The second kappa shape index (κ2) is 7.42. The zero-order valence-electron chi connectivity index (χ0n) is 15.0. The molecule has 3 aromatic rings. The lowest BCUT2D eigenvalue weighted by Gasteiger charge is -2.32. The molecule has 1 saturated heterocycles. The van der Waals surface area contributed by atoms with E-state index in [0.717, 1.165) is 47.6 Å². The molecule has 3 aromatic heterocycles. The summed E-state index contributed by atoms with van der Waals surface area (Å²) >= 11 is 3.25. The molecule has 1 aliphatic heterocycles. The number of piperidine rings is 1. The van der Waals surface area contributed by atoms with E-state index in [2.05, 4.69) is 20.9 Å². The van der Waals surface area contributed by atoms with Gasteiger partial charge in [0.15, 0.2) is 0 Å². The Balaban J connectivity index is 1.58. The Hall–Kier alpha value is -1.83. The number of carbonyl (C=O) groups is 1. The second-order valence-electron chi connectivity index (χ2n) is 6.92. The lowest BCUT2D eigenvalue weighted by molar-refractivity contribution is 0.0830. The van der Waals surface area contributed by atoms with Crippen molar-refractivity contribution in [3.8, 4) is 0 Å². The van der Waals surface area contributed by atoms with Crippen LogP contribution in [0, 0.1) is 0 Å². The molecule has 7 heteroatoms. The van der Waals surface area contributed by atoms with Gasteiger partial charge in [-0.25, -0.2) is 4.98 Å². The van der Waals surface area contributed by atoms with Crippen molar-refractivity contribution in [3.05, 3.63) is 45.4 Å². The first kappa shape index (κ1) is 17.6. The summed E-state index contributed by atoms with van der Waals surface area (Å²) in [6.07, 6.45) is 5.92. The highest BCUT2D eigenvalue weighted by molar-refractivity contribution is 7.20. The molecule has 0 bridgehead atoms. The van der Waals surface area contributed by atoms with Gasteiger partial charge < -0.3 is 4.90 Å². The molecule has 1 amide bonds. The quantitative estimate of drug-likeness (QED) is 0.684. The van der Waals surface area contributed by atoms with Gasteiger partial charge in [0.2, 0.25) is 0 Å². The molecule has 1 fully saturated rings. The zero-order valence-corrected chi connectivity index (χ0v) is 16.6. The Labute approximate surface area is 161 Å². The molecule has 0 aromatic carbocycles. The molecule has 1 aliphatic rings. The van der Waals surface area contributed by atoms with E-state index in [1.165, 1.54) is 21.8 Å². The normalized spacial score (nSPS) is 16.2. The third-order valence-corrected chi connectivity index (χ3v) is 6.85. The number of amides is 1. The number of aromatic nitrogens is 2. The van der Waals surface area contributed by atoms with Crippen molar-refractivity contribution in [3.63, 3.8) is 0 Å². The maximum atomic E-state index is 12.7. The van der Waals surface area contributed by atoms with E-state index < -0.39 is 0 Å². The second-order valence-corrected chi connectivity index (χ2v) is 8.89. The summed E-state index contributed by atoms with van der Waals surface area (Å²) in [5.41, 5.74) is 3.11. The third kappa shape index (κ3) is 3.39. The van der Waals surface area contributed by atoms with Gasteiger partial charge in [-0.1, -0.05) is 6.07 Å². The molecule has 0 aliphatic carbocycles. The first-order valence-corrected chi connectivity index (χ1v) is 10.5. The van der Waals surface area contributed by atoms with Crippen LogP contribution in [0.2, 0.25) is 0 Å². The molecule has 4 heterocycles. The molecule has 4 rings (SSSR count). The average Bonchev–Trinajstić information content (AvgIpc) is 3.29. The molecule has 0 unspecified atom stereocenters. The number of likely N-dealkylation sites (tertiary alicyclic amines) is 1. The predicted octanol–water partition coefficient (Wildman–Crippen LogP) is 3.83. The summed E-state index contributed by atoms with van der Waals surface area (Å²) in [4.78, 5) is 28.7. The van der Waals surface area contributed by atoms with Crippen LogP contribution >= 0.6 is 22.7 Å². The Bertz CT molecular complexity index is 896. The number of rotatable bonds is 4. The van der Waals surface area contributed by atoms with Crippen molar-refractivity contribution in [1.29, 1.82) is 0 Å². The predicted molar refractivity (Wildman–Crippen MR) is 107 cm³/mol. The lowest BCUT2D eigenvalue weighted by atomic mass is 9.87. The Morgan fingerprint density at radius 3 is 2.85 bits per heavy atom. The van der Waals surface area contributed by atoms with Gasteiger partial charge in [0.25, 0.3) is 5.91 Å². The lowest BCUT2D eigenvalue weighted by Crippen LogP contribution is -2.33. The van der Waals surface area contributed by atoms with E-state index in [-0.39, 0.29) is 5.91 Å². The number of fused-ring (bicyclic) bond motifs is 1. The van der Waals surface area contributed by atoms with E-state index >= 15 is 0 Å². The van der Waals surface area contributed by atoms with Crippen molar-refractivity contribution < 1.29 is 4.79 Å². The van der Waals surface area contributed by atoms with Crippen LogP contribution in [0.15, 0.2) is 30.0 Å². The van der Waals surface area contributed by atoms with Crippen LogP contribution in [0.5, 0.6) is 0 Å². The van der Waals surface area contributed by atoms with E-state index in [9.17, 15) is 4.79 Å². The number of hydrogen-bond donors (Lipinski definition) is 0. The summed E-state index contributed by atoms with van der Waals surface area (Å²) in [5, 5.41) is 1.16. The van der Waals surface area contributed by atoms with Crippen LogP contribution in [0.3, 0.4) is 0 Å². The standard InChI is InChI=1S/C19H22N4OS2/c1-22(2)19(24)17-16(15-4-3-7-21-18(15)26-17)13-5-8-23(9-6-13)11-14-10-20-12-25-14/h3-4,7,10,12-13H,5-6,8-9,11H2,1-2H3. The number of pyridine rings is 1. The van der Waals surface area contributed by atoms with Crippen molar-refractivity contribution in [1.82, 2.24) is 19.8 Å². The minimum atomic E-state index is 0.0927. The van der Waals surface area contributed by atoms with Crippen LogP contribution in [0.4, 0.5) is 0 Å². The fourth-order valence-corrected chi connectivity index (χ4v) is 5.53. The first-order chi connectivity index (χ1) is 12.6. The Morgan fingerprint density at radius 1 is 1.35 bits per heavy atom. The fourth-order valence-electron chi connectivity index (χ4n) is 3.64. The van der Waals surface area contributed by atoms with Gasteiger partial charge in [-0.2, -0.15) is 0 Å². The maximum Gasteiger partial charge on any atom is 0.263 e. The van der Waals surface area contributed by atoms with Crippen LogP contribution < -0.4 is 0 Å². The number of hydrogen-bond acceptors (Lipinski definition) is 6. The van der Waals surface area contributed by atoms with Gasteiger partial charge in [-0.3, -0.25) is 14.7 Å². The van der Waals surface area contributed by atoms with Gasteiger partial charge in [-0.05, 0) is 43.5 Å². The summed E-state index contributed by atoms with van der Waals surface area (Å²) in [6.45, 7) is 3.08. The first-order valence-electron chi connectivity index (χ1n) is 8.82. The maximum absolute atomic E-state index is 12.7. The highest BCUT2D eigenvalue weighted by atomic mass is 32.1. The highest BCUT2D eigenvalue weighted by Crippen LogP contribution is 2.40. The zero-order chi connectivity index (χ0) is 18.1. The largest absolute Gasteiger partial charge is 0.344 e. The number of carbonyl (C=O) groups excluding carboxylic acids is 1. The molecule has 0 spiro atoms. The van der Waals surface area contributed by atoms with E-state index in [1.54, 1.807) is 16.2 Å². The smallest absolute Gasteiger partial charge is 0.263 e. The summed E-state index contributed by atoms with van der Waals surface area (Å²) < 4.78 is 0. The summed E-state index contributed by atoms with van der Waals surface area (Å²) in [5.74, 6) is 0.514. The molecule has 136 valence electrons. The van der Waals surface area contributed by atoms with Crippen LogP contribution in [0.25, 0.3) is 10.2 Å². The molecule has 0 N–H and O–H groups in total. The van der Waals surface area contributed by atoms with Gasteiger partial charge in [-0.15, -0.1) is 22.7 Å². The third-order valence-electron chi connectivity index (χ3n) is 4.96. The molecule has 0 saturated carbocycles. The SMILES string of the molecule is CN(C)C(=O)c1sc2ncccc2c1C1CCN(Cc2cncs2)CC1. The van der Waals surface area contributed by atoms with Crippen LogP contribution in [-0.2, 0) is 6.54 Å². The van der Waals surface area contributed by atoms with E-state index in [4.69, 9.17) is 0 Å². The Morgan fingerprint density at radius 2 is 2.15 bits per heavy atom. The highest BCUT2D eigenvalue weighted by Gasteiger charge is 2.29. The number of thiazole rings is 1. The minimum absolute atomic E-state index is 0.0927. The number of thiophene rings is 1. The van der Waals surface area contributed by atoms with Crippen LogP contribution in [0.1, 0.15) is 38.9 Å². The monoisotopic (exact) mass is 386 g/mol. The van der Waals surface area contributed by atoms with Gasteiger partial charge in [0.1, 0.15) is 4.83 Å². The molecular weight excluding hydrogens is 364 g/mol. The summed E-state index contributed by atoms with van der Waals surface area (Å²) in [6, 6.07) is 4.09.